The molecule has 0 fully saturated rings. The molecular formula is C19H16F2N6O3. The van der Waals surface area contributed by atoms with Gasteiger partial charge in [-0.25, -0.2) is 23.4 Å². The lowest BCUT2D eigenvalue weighted by atomic mass is 10.2. The van der Waals surface area contributed by atoms with Crippen LogP contribution in [0.3, 0.4) is 0 Å². The van der Waals surface area contributed by atoms with Crippen LogP contribution in [0.15, 0.2) is 41.9 Å². The zero-order chi connectivity index (χ0) is 21.4. The number of rotatable bonds is 3. The number of halogens is 2. The Hall–Kier alpha value is -3.89. The molecule has 0 N–H and O–H groups in total. The van der Waals surface area contributed by atoms with Crippen LogP contribution in [0.25, 0.3) is 0 Å². The van der Waals surface area contributed by atoms with Crippen molar-refractivity contribution in [2.45, 2.75) is 6.54 Å². The van der Waals surface area contributed by atoms with Crippen molar-refractivity contribution >= 4 is 23.2 Å². The summed E-state index contributed by atoms with van der Waals surface area (Å²) in [5, 5.41) is 4.04. The summed E-state index contributed by atoms with van der Waals surface area (Å²) >= 11 is 0. The van der Waals surface area contributed by atoms with Gasteiger partial charge < -0.3 is 14.2 Å². The number of aliphatic imine (C=N–C) groups is 1. The lowest BCUT2D eigenvalue weighted by Crippen LogP contribution is -2.34. The summed E-state index contributed by atoms with van der Waals surface area (Å²) < 4.78 is 35.0. The van der Waals surface area contributed by atoms with Crippen LogP contribution in [0.1, 0.15) is 16.1 Å². The third-order valence-corrected chi connectivity index (χ3v) is 4.56. The van der Waals surface area contributed by atoms with Crippen LogP contribution < -0.4 is 9.64 Å². The van der Waals surface area contributed by atoms with Gasteiger partial charge in [-0.05, 0) is 17.7 Å². The molecule has 0 bridgehead atoms. The van der Waals surface area contributed by atoms with E-state index in [2.05, 4.69) is 15.1 Å². The van der Waals surface area contributed by atoms with Gasteiger partial charge in [0.05, 0.1) is 12.5 Å². The van der Waals surface area contributed by atoms with Gasteiger partial charge in [-0.3, -0.25) is 9.59 Å². The van der Waals surface area contributed by atoms with Gasteiger partial charge in [-0.15, -0.1) is 0 Å². The number of nitrogens with zero attached hydrogens (tertiary/aromatic N) is 6. The summed E-state index contributed by atoms with van der Waals surface area (Å²) in [6, 6.07) is 3.53. The Morgan fingerprint density at radius 1 is 1.27 bits per heavy atom. The molecule has 0 saturated carbocycles. The van der Waals surface area contributed by atoms with Crippen LogP contribution in [0, 0.1) is 11.6 Å². The molecule has 1 aliphatic heterocycles. The van der Waals surface area contributed by atoms with Crippen molar-refractivity contribution in [3.05, 3.63) is 59.8 Å². The lowest BCUT2D eigenvalue weighted by molar-refractivity contribution is -0.112. The Morgan fingerprint density at radius 3 is 2.83 bits per heavy atom. The van der Waals surface area contributed by atoms with E-state index in [1.54, 1.807) is 7.05 Å². The normalized spacial score (nSPS) is 15.1. The fourth-order valence-corrected chi connectivity index (χ4v) is 2.98. The second-order valence-corrected chi connectivity index (χ2v) is 6.65. The summed E-state index contributed by atoms with van der Waals surface area (Å²) in [5.74, 6) is -2.71. The first-order valence-electron chi connectivity index (χ1n) is 8.84. The molecule has 30 heavy (non-hydrogen) atoms. The Morgan fingerprint density at radius 2 is 2.07 bits per heavy atom. The number of fused-ring (bicyclic) bond motifs is 1. The predicted octanol–water partition coefficient (Wildman–Crippen LogP) is 1.58. The summed E-state index contributed by atoms with van der Waals surface area (Å²) in [7, 11) is 3.21. The summed E-state index contributed by atoms with van der Waals surface area (Å²) in [5.41, 5.74) is 0.894. The van der Waals surface area contributed by atoms with E-state index in [4.69, 9.17) is 4.74 Å². The molecule has 0 atom stereocenters. The van der Waals surface area contributed by atoms with E-state index in [1.165, 1.54) is 46.0 Å². The number of hydrogen-bond donors (Lipinski definition) is 0. The molecule has 2 aromatic heterocycles. The van der Waals surface area contributed by atoms with Gasteiger partial charge in [0.15, 0.2) is 11.6 Å². The van der Waals surface area contributed by atoms with E-state index >= 15 is 0 Å². The Kier molecular flexibility index (Phi) is 4.86. The first kappa shape index (κ1) is 19.4. The molecule has 11 heteroatoms. The number of carbonyl (C=O) groups is 2. The Bertz CT molecular complexity index is 1180. The van der Waals surface area contributed by atoms with E-state index < -0.39 is 23.4 Å². The zero-order valence-corrected chi connectivity index (χ0v) is 16.0. The number of ether oxygens (including phenoxy) is 1. The van der Waals surface area contributed by atoms with Crippen molar-refractivity contribution in [3.8, 4) is 5.88 Å². The fourth-order valence-electron chi connectivity index (χ4n) is 2.98. The molecular weight excluding hydrogens is 398 g/mol. The summed E-state index contributed by atoms with van der Waals surface area (Å²) in [6.07, 6.45) is 4.27. The highest BCUT2D eigenvalue weighted by Crippen LogP contribution is 2.28. The molecule has 0 spiro atoms. The van der Waals surface area contributed by atoms with Crippen molar-refractivity contribution in [2.24, 2.45) is 12.0 Å². The van der Waals surface area contributed by atoms with E-state index in [1.807, 2.05) is 0 Å². The molecule has 3 heterocycles. The van der Waals surface area contributed by atoms with E-state index in [0.717, 1.165) is 12.1 Å². The standard InChI is InChI=1S/C19H16F2N6O3/c1-25-16-6-23-26(2)19(16)30-9-15(18(25)29)24-17(28)14-8-27(10-22-14)7-11-3-4-12(20)13(21)5-11/h3-6,8,10H,7,9H2,1-2H3. The molecule has 4 rings (SSSR count). The minimum atomic E-state index is -0.956. The van der Waals surface area contributed by atoms with Crippen molar-refractivity contribution in [3.63, 3.8) is 0 Å². The van der Waals surface area contributed by atoms with Crippen LogP contribution in [0.2, 0.25) is 0 Å². The van der Waals surface area contributed by atoms with E-state index in [0.29, 0.717) is 17.1 Å². The molecule has 2 amide bonds. The molecule has 0 saturated heterocycles. The van der Waals surface area contributed by atoms with E-state index in [-0.39, 0.29) is 24.6 Å². The van der Waals surface area contributed by atoms with Gasteiger partial charge in [0.1, 0.15) is 23.7 Å². The minimum absolute atomic E-state index is 0.00367. The first-order chi connectivity index (χ1) is 14.3. The molecule has 3 aromatic rings. The minimum Gasteiger partial charge on any atom is -0.470 e. The molecule has 0 aliphatic carbocycles. The number of amides is 2. The molecule has 0 unspecified atom stereocenters. The number of aryl methyl sites for hydroxylation is 1. The number of carbonyl (C=O) groups excluding carboxylic acids is 2. The SMILES string of the molecule is CN1C(=O)C(=NC(=O)c2cn(Cc3ccc(F)c(F)c3)cn2)COc2c1cnn2C. The van der Waals surface area contributed by atoms with Gasteiger partial charge in [0.2, 0.25) is 5.88 Å². The number of aromatic nitrogens is 4. The average molecular weight is 414 g/mol. The zero-order valence-electron chi connectivity index (χ0n) is 16.0. The Labute approximate surface area is 169 Å². The van der Waals surface area contributed by atoms with Crippen LogP contribution in [-0.2, 0) is 18.4 Å². The monoisotopic (exact) mass is 414 g/mol. The molecule has 9 nitrogen and oxygen atoms in total. The van der Waals surface area contributed by atoms with Gasteiger partial charge >= 0.3 is 0 Å². The van der Waals surface area contributed by atoms with Crippen LogP contribution in [0.4, 0.5) is 14.5 Å². The van der Waals surface area contributed by atoms with Gasteiger partial charge in [-0.1, -0.05) is 6.07 Å². The lowest BCUT2D eigenvalue weighted by Gasteiger charge is -2.12. The van der Waals surface area contributed by atoms with Crippen LogP contribution in [-0.4, -0.2) is 50.5 Å². The number of hydrogen-bond acceptors (Lipinski definition) is 5. The van der Waals surface area contributed by atoms with Gasteiger partial charge in [0.25, 0.3) is 11.8 Å². The van der Waals surface area contributed by atoms with Gasteiger partial charge in [0, 0.05) is 26.8 Å². The second-order valence-electron chi connectivity index (χ2n) is 6.65. The second kappa shape index (κ2) is 7.50. The smallest absolute Gasteiger partial charge is 0.297 e. The van der Waals surface area contributed by atoms with E-state index in [9.17, 15) is 18.4 Å². The maximum Gasteiger partial charge on any atom is 0.297 e. The highest BCUT2D eigenvalue weighted by atomic mass is 19.2. The fraction of sp³-hybridized carbons (Fsp3) is 0.211. The highest BCUT2D eigenvalue weighted by molar-refractivity contribution is 6.46. The summed E-state index contributed by atoms with van der Waals surface area (Å²) in [4.78, 5) is 34.3. The number of imidazole rings is 1. The highest BCUT2D eigenvalue weighted by Gasteiger charge is 2.29. The largest absolute Gasteiger partial charge is 0.470 e. The van der Waals surface area contributed by atoms with Crippen molar-refractivity contribution < 1.29 is 23.1 Å². The maximum atomic E-state index is 13.4. The third-order valence-electron chi connectivity index (χ3n) is 4.56. The summed E-state index contributed by atoms with van der Waals surface area (Å²) in [6.45, 7) is -0.0157. The molecule has 154 valence electrons. The van der Waals surface area contributed by atoms with Crippen molar-refractivity contribution in [1.29, 1.82) is 0 Å². The quantitative estimate of drug-likeness (QED) is 0.649. The maximum absolute atomic E-state index is 13.4. The van der Waals surface area contributed by atoms with Crippen LogP contribution in [0.5, 0.6) is 5.88 Å². The number of anilines is 1. The van der Waals surface area contributed by atoms with Gasteiger partial charge in [-0.2, -0.15) is 5.10 Å². The van der Waals surface area contributed by atoms with Crippen LogP contribution >= 0.6 is 0 Å². The molecule has 1 aromatic carbocycles. The first-order valence-corrected chi connectivity index (χ1v) is 8.84. The van der Waals surface area contributed by atoms with Crippen molar-refractivity contribution in [1.82, 2.24) is 19.3 Å². The average Bonchev–Trinajstić information content (AvgIpc) is 3.31. The molecule has 1 aliphatic rings. The topological polar surface area (TPSA) is 94.6 Å². The molecule has 0 radical (unpaired) electrons. The third kappa shape index (κ3) is 3.56. The predicted molar refractivity (Wildman–Crippen MR) is 102 cm³/mol. The number of benzene rings is 1. The Balaban J connectivity index is 1.52. The van der Waals surface area contributed by atoms with Crippen molar-refractivity contribution in [2.75, 3.05) is 18.6 Å².